The van der Waals surface area contributed by atoms with Crippen molar-refractivity contribution in [3.05, 3.63) is 80.1 Å². The van der Waals surface area contributed by atoms with Crippen molar-refractivity contribution in [1.29, 1.82) is 5.26 Å². The molecule has 0 aliphatic carbocycles. The minimum atomic E-state index is -0.344. The topological polar surface area (TPSA) is 67.8 Å². The van der Waals surface area contributed by atoms with Gasteiger partial charge in [-0.15, -0.1) is 0 Å². The zero-order valence-corrected chi connectivity index (χ0v) is 12.9. The molecule has 0 spiro atoms. The van der Waals surface area contributed by atoms with Crippen LogP contribution < -0.4 is 11.2 Å². The maximum atomic E-state index is 12.3. The molecular formula is C18H15N3O2. The Bertz CT molecular complexity index is 1070. The van der Waals surface area contributed by atoms with Crippen LogP contribution in [0.4, 0.5) is 0 Å². The number of fused-ring (bicyclic) bond motifs is 1. The second-order valence-electron chi connectivity index (χ2n) is 5.52. The monoisotopic (exact) mass is 305 g/mol. The van der Waals surface area contributed by atoms with Gasteiger partial charge in [-0.25, -0.2) is 4.79 Å². The lowest BCUT2D eigenvalue weighted by Gasteiger charge is -2.10. The van der Waals surface area contributed by atoms with Crippen molar-refractivity contribution in [2.45, 2.75) is 6.42 Å². The average molecular weight is 305 g/mol. The molecule has 0 unspecified atom stereocenters. The summed E-state index contributed by atoms with van der Waals surface area (Å²) in [7, 11) is 3.10. The number of rotatable bonds is 2. The van der Waals surface area contributed by atoms with Crippen LogP contribution in [0.2, 0.25) is 0 Å². The summed E-state index contributed by atoms with van der Waals surface area (Å²) in [4.78, 5) is 24.1. The molecule has 0 saturated heterocycles. The Balaban J connectivity index is 2.20. The first kappa shape index (κ1) is 14.8. The lowest BCUT2D eigenvalue weighted by Crippen LogP contribution is -2.38. The van der Waals surface area contributed by atoms with Gasteiger partial charge in [0.1, 0.15) is 0 Å². The smallest absolute Gasteiger partial charge is 0.303 e. The van der Waals surface area contributed by atoms with Crippen molar-refractivity contribution in [1.82, 2.24) is 9.13 Å². The number of benzene rings is 2. The molecule has 0 bridgehead atoms. The van der Waals surface area contributed by atoms with Crippen molar-refractivity contribution in [3.8, 4) is 6.07 Å². The molecule has 0 aliphatic rings. The Morgan fingerprint density at radius 3 is 2.39 bits per heavy atom. The molecule has 2 aromatic carbocycles. The summed E-state index contributed by atoms with van der Waals surface area (Å²) in [5.74, 6) is 0. The Hall–Kier alpha value is -3.13. The molecule has 0 N–H and O–H groups in total. The van der Waals surface area contributed by atoms with Gasteiger partial charge >= 0.3 is 5.69 Å². The van der Waals surface area contributed by atoms with Crippen LogP contribution >= 0.6 is 0 Å². The molecule has 3 rings (SSSR count). The molecule has 0 atom stereocenters. The SMILES string of the molecule is Cn1cc(Cc2ccc(C#N)c3ccccc23)c(=O)n(C)c1=O. The number of aromatic nitrogens is 2. The fourth-order valence-electron chi connectivity index (χ4n) is 2.82. The summed E-state index contributed by atoms with van der Waals surface area (Å²) < 4.78 is 2.52. The summed E-state index contributed by atoms with van der Waals surface area (Å²) in [6, 6.07) is 13.5. The van der Waals surface area contributed by atoms with Gasteiger partial charge in [0.2, 0.25) is 0 Å². The molecule has 0 amide bonds. The van der Waals surface area contributed by atoms with Crippen molar-refractivity contribution in [3.63, 3.8) is 0 Å². The van der Waals surface area contributed by atoms with Crippen molar-refractivity contribution in [2.75, 3.05) is 0 Å². The summed E-state index contributed by atoms with van der Waals surface area (Å²) in [6.07, 6.45) is 1.99. The van der Waals surface area contributed by atoms with Crippen LogP contribution in [-0.2, 0) is 20.5 Å². The van der Waals surface area contributed by atoms with E-state index in [1.54, 1.807) is 19.3 Å². The molecule has 1 aromatic heterocycles. The van der Waals surface area contributed by atoms with Crippen molar-refractivity contribution >= 4 is 10.8 Å². The Labute approximate surface area is 132 Å². The molecule has 0 radical (unpaired) electrons. The predicted molar refractivity (Wildman–Crippen MR) is 88.4 cm³/mol. The van der Waals surface area contributed by atoms with Crippen LogP contribution in [0.3, 0.4) is 0 Å². The summed E-state index contributed by atoms with van der Waals surface area (Å²) in [6.45, 7) is 0. The molecule has 3 aromatic rings. The van der Waals surface area contributed by atoms with Gasteiger partial charge in [0.15, 0.2) is 0 Å². The van der Waals surface area contributed by atoms with Gasteiger partial charge in [-0.2, -0.15) is 5.26 Å². The van der Waals surface area contributed by atoms with E-state index in [1.165, 1.54) is 11.6 Å². The minimum Gasteiger partial charge on any atom is -0.303 e. The minimum absolute atomic E-state index is 0.290. The Morgan fingerprint density at radius 1 is 1.00 bits per heavy atom. The number of aryl methyl sites for hydroxylation is 1. The normalized spacial score (nSPS) is 10.7. The number of hydrogen-bond acceptors (Lipinski definition) is 3. The van der Waals surface area contributed by atoms with Gasteiger partial charge in [0.05, 0.1) is 11.6 Å². The van der Waals surface area contributed by atoms with E-state index < -0.39 is 0 Å². The molecule has 23 heavy (non-hydrogen) atoms. The fourth-order valence-corrected chi connectivity index (χ4v) is 2.82. The van der Waals surface area contributed by atoms with E-state index in [9.17, 15) is 14.9 Å². The maximum Gasteiger partial charge on any atom is 0.330 e. The van der Waals surface area contributed by atoms with Crippen LogP contribution in [0.25, 0.3) is 10.8 Å². The zero-order valence-electron chi connectivity index (χ0n) is 12.9. The maximum absolute atomic E-state index is 12.3. The second-order valence-corrected chi connectivity index (χ2v) is 5.52. The van der Waals surface area contributed by atoms with Gasteiger partial charge in [-0.05, 0) is 22.4 Å². The number of nitrogens with zero attached hydrogens (tertiary/aromatic N) is 3. The van der Waals surface area contributed by atoms with Crippen molar-refractivity contribution < 1.29 is 0 Å². The van der Waals surface area contributed by atoms with E-state index >= 15 is 0 Å². The van der Waals surface area contributed by atoms with E-state index in [2.05, 4.69) is 6.07 Å². The first-order valence-electron chi connectivity index (χ1n) is 7.19. The fraction of sp³-hybridized carbons (Fsp3) is 0.167. The first-order chi connectivity index (χ1) is 11.0. The van der Waals surface area contributed by atoms with Gasteiger partial charge in [0.25, 0.3) is 5.56 Å². The van der Waals surface area contributed by atoms with E-state index in [4.69, 9.17) is 0 Å². The summed E-state index contributed by atoms with van der Waals surface area (Å²) in [5, 5.41) is 11.0. The van der Waals surface area contributed by atoms with Gasteiger partial charge in [0, 0.05) is 32.3 Å². The lowest BCUT2D eigenvalue weighted by molar-refractivity contribution is 0.672. The summed E-state index contributed by atoms with van der Waals surface area (Å²) >= 11 is 0. The molecule has 5 nitrogen and oxygen atoms in total. The average Bonchev–Trinajstić information content (AvgIpc) is 2.58. The second kappa shape index (κ2) is 5.58. The van der Waals surface area contributed by atoms with Crippen LogP contribution in [0.5, 0.6) is 0 Å². The third-order valence-corrected chi connectivity index (χ3v) is 4.03. The number of hydrogen-bond donors (Lipinski definition) is 0. The third kappa shape index (κ3) is 2.44. The van der Waals surface area contributed by atoms with Crippen LogP contribution in [0.1, 0.15) is 16.7 Å². The van der Waals surface area contributed by atoms with Crippen LogP contribution in [-0.4, -0.2) is 9.13 Å². The summed E-state index contributed by atoms with van der Waals surface area (Å²) in [5.41, 5.74) is 1.47. The predicted octanol–water partition coefficient (Wildman–Crippen LogP) is 1.70. The number of nitriles is 1. The van der Waals surface area contributed by atoms with Crippen LogP contribution in [0.15, 0.2) is 52.2 Å². The van der Waals surface area contributed by atoms with E-state index in [0.29, 0.717) is 17.5 Å². The molecule has 5 heteroatoms. The highest BCUT2D eigenvalue weighted by molar-refractivity contribution is 5.90. The molecule has 0 fully saturated rings. The van der Waals surface area contributed by atoms with E-state index in [0.717, 1.165) is 20.9 Å². The first-order valence-corrected chi connectivity index (χ1v) is 7.19. The highest BCUT2D eigenvalue weighted by Crippen LogP contribution is 2.23. The molecular weight excluding hydrogens is 290 g/mol. The van der Waals surface area contributed by atoms with E-state index in [1.807, 2.05) is 30.3 Å². The highest BCUT2D eigenvalue weighted by Gasteiger charge is 2.11. The van der Waals surface area contributed by atoms with Crippen LogP contribution in [0, 0.1) is 11.3 Å². The molecule has 1 heterocycles. The van der Waals surface area contributed by atoms with E-state index in [-0.39, 0.29) is 11.2 Å². The third-order valence-electron chi connectivity index (χ3n) is 4.03. The lowest BCUT2D eigenvalue weighted by atomic mass is 9.96. The Morgan fingerprint density at radius 2 is 1.70 bits per heavy atom. The highest BCUT2D eigenvalue weighted by atomic mass is 16.2. The van der Waals surface area contributed by atoms with Gasteiger partial charge in [-0.3, -0.25) is 9.36 Å². The standard InChI is InChI=1S/C18H15N3O2/c1-20-11-14(17(22)21(2)18(20)23)9-12-7-8-13(10-19)16-6-4-3-5-15(12)16/h3-8,11H,9H2,1-2H3. The van der Waals surface area contributed by atoms with Gasteiger partial charge in [-0.1, -0.05) is 30.3 Å². The molecule has 0 saturated carbocycles. The van der Waals surface area contributed by atoms with Gasteiger partial charge < -0.3 is 4.57 Å². The zero-order chi connectivity index (χ0) is 16.6. The molecule has 0 aliphatic heterocycles. The molecule has 114 valence electrons. The largest absolute Gasteiger partial charge is 0.330 e. The quantitative estimate of drug-likeness (QED) is 0.723. The Kier molecular flexibility index (Phi) is 3.59. The van der Waals surface area contributed by atoms with Crippen molar-refractivity contribution in [2.24, 2.45) is 14.1 Å².